The second-order valence-corrected chi connectivity index (χ2v) is 5.29. The molecule has 1 fully saturated rings. The molecule has 0 saturated heterocycles. The fourth-order valence-electron chi connectivity index (χ4n) is 2.19. The maximum atomic E-state index is 11.6. The van der Waals surface area contributed by atoms with Crippen molar-refractivity contribution >= 4 is 12.0 Å². The standard InChI is InChI=1S/C13H24N2O4/c1-9(12(17)18)3-2-8-14-13(19)15-10-4-6-11(16)7-5-10/h9-11,16H,2-8H2,1H3,(H,17,18)(H2,14,15,19). The molecule has 1 atom stereocenters. The summed E-state index contributed by atoms with van der Waals surface area (Å²) in [7, 11) is 0. The molecule has 6 nitrogen and oxygen atoms in total. The Bertz CT molecular complexity index is 301. The third kappa shape index (κ3) is 6.42. The molecular weight excluding hydrogens is 248 g/mol. The summed E-state index contributed by atoms with van der Waals surface area (Å²) in [5, 5.41) is 23.7. The first-order valence-electron chi connectivity index (χ1n) is 6.94. The Morgan fingerprint density at radius 3 is 2.47 bits per heavy atom. The number of nitrogens with one attached hydrogen (secondary N) is 2. The minimum atomic E-state index is -0.801. The Morgan fingerprint density at radius 2 is 1.89 bits per heavy atom. The Morgan fingerprint density at radius 1 is 1.26 bits per heavy atom. The van der Waals surface area contributed by atoms with Crippen molar-refractivity contribution in [3.05, 3.63) is 0 Å². The molecule has 19 heavy (non-hydrogen) atoms. The minimum absolute atomic E-state index is 0.140. The van der Waals surface area contributed by atoms with E-state index in [1.54, 1.807) is 6.92 Å². The lowest BCUT2D eigenvalue weighted by Crippen LogP contribution is -2.44. The van der Waals surface area contributed by atoms with Gasteiger partial charge >= 0.3 is 12.0 Å². The van der Waals surface area contributed by atoms with E-state index in [4.69, 9.17) is 5.11 Å². The number of hydrogen-bond acceptors (Lipinski definition) is 3. The molecule has 0 radical (unpaired) electrons. The number of carboxylic acids is 1. The van der Waals surface area contributed by atoms with Gasteiger partial charge < -0.3 is 20.8 Å². The predicted molar refractivity (Wildman–Crippen MR) is 70.8 cm³/mol. The number of carbonyl (C=O) groups excluding carboxylic acids is 1. The summed E-state index contributed by atoms with van der Waals surface area (Å²) in [4.78, 5) is 22.2. The lowest BCUT2D eigenvalue weighted by molar-refractivity contribution is -0.141. The predicted octanol–water partition coefficient (Wildman–Crippen LogP) is 1.09. The molecule has 0 aromatic carbocycles. The number of carbonyl (C=O) groups is 2. The Kier molecular flexibility index (Phi) is 6.62. The highest BCUT2D eigenvalue weighted by Gasteiger charge is 2.20. The van der Waals surface area contributed by atoms with Gasteiger partial charge in [0.2, 0.25) is 0 Å². The monoisotopic (exact) mass is 272 g/mol. The zero-order valence-electron chi connectivity index (χ0n) is 11.4. The zero-order chi connectivity index (χ0) is 14.3. The van der Waals surface area contributed by atoms with Gasteiger partial charge in [-0.2, -0.15) is 0 Å². The van der Waals surface area contributed by atoms with Crippen LogP contribution in [0.5, 0.6) is 0 Å². The quantitative estimate of drug-likeness (QED) is 0.544. The second kappa shape index (κ2) is 7.99. The van der Waals surface area contributed by atoms with E-state index >= 15 is 0 Å². The van der Waals surface area contributed by atoms with E-state index in [2.05, 4.69) is 10.6 Å². The van der Waals surface area contributed by atoms with Crippen LogP contribution in [-0.4, -0.2) is 40.9 Å². The molecule has 110 valence electrons. The van der Waals surface area contributed by atoms with E-state index in [0.717, 1.165) is 25.7 Å². The van der Waals surface area contributed by atoms with Crippen molar-refractivity contribution in [1.29, 1.82) is 0 Å². The number of amides is 2. The average molecular weight is 272 g/mol. The molecule has 1 aliphatic carbocycles. The van der Waals surface area contributed by atoms with Crippen LogP contribution >= 0.6 is 0 Å². The van der Waals surface area contributed by atoms with Crippen LogP contribution in [0.25, 0.3) is 0 Å². The van der Waals surface area contributed by atoms with Gasteiger partial charge in [-0.05, 0) is 38.5 Å². The molecule has 0 heterocycles. The molecule has 1 saturated carbocycles. The van der Waals surface area contributed by atoms with Gasteiger partial charge in [-0.25, -0.2) is 4.79 Å². The zero-order valence-corrected chi connectivity index (χ0v) is 11.4. The summed E-state index contributed by atoms with van der Waals surface area (Å²) >= 11 is 0. The molecule has 1 aliphatic rings. The topological polar surface area (TPSA) is 98.7 Å². The normalized spacial score (nSPS) is 24.5. The maximum Gasteiger partial charge on any atom is 0.315 e. The van der Waals surface area contributed by atoms with Gasteiger partial charge in [0.25, 0.3) is 0 Å². The number of aliphatic carboxylic acids is 1. The lowest BCUT2D eigenvalue weighted by Gasteiger charge is -2.26. The van der Waals surface area contributed by atoms with Crippen LogP contribution < -0.4 is 10.6 Å². The molecule has 0 aromatic heterocycles. The van der Waals surface area contributed by atoms with Crippen molar-refractivity contribution in [3.63, 3.8) is 0 Å². The van der Waals surface area contributed by atoms with Crippen LogP contribution in [0.15, 0.2) is 0 Å². The van der Waals surface area contributed by atoms with E-state index in [1.807, 2.05) is 0 Å². The van der Waals surface area contributed by atoms with Crippen LogP contribution in [-0.2, 0) is 4.79 Å². The molecule has 0 aliphatic heterocycles. The number of rotatable bonds is 6. The summed E-state index contributed by atoms with van der Waals surface area (Å²) < 4.78 is 0. The summed E-state index contributed by atoms with van der Waals surface area (Å²) in [6, 6.07) is -0.0642. The van der Waals surface area contributed by atoms with Gasteiger partial charge in [-0.15, -0.1) is 0 Å². The van der Waals surface area contributed by atoms with Gasteiger partial charge in [0, 0.05) is 12.6 Å². The van der Waals surface area contributed by atoms with Crippen LogP contribution in [0, 0.1) is 5.92 Å². The number of aliphatic hydroxyl groups is 1. The molecule has 1 unspecified atom stereocenters. The highest BCUT2D eigenvalue weighted by molar-refractivity contribution is 5.74. The molecule has 0 bridgehead atoms. The van der Waals surface area contributed by atoms with Gasteiger partial charge in [0.15, 0.2) is 0 Å². The van der Waals surface area contributed by atoms with E-state index < -0.39 is 5.97 Å². The SMILES string of the molecule is CC(CCCNC(=O)NC1CCC(O)CC1)C(=O)O. The molecule has 4 N–H and O–H groups in total. The number of hydrogen-bond donors (Lipinski definition) is 4. The Labute approximate surface area is 113 Å². The maximum absolute atomic E-state index is 11.6. The van der Waals surface area contributed by atoms with Crippen molar-refractivity contribution in [1.82, 2.24) is 10.6 Å². The first kappa shape index (κ1) is 15.8. The number of aliphatic hydroxyl groups excluding tert-OH is 1. The Hall–Kier alpha value is -1.30. The van der Waals surface area contributed by atoms with E-state index in [1.165, 1.54) is 0 Å². The van der Waals surface area contributed by atoms with Crippen molar-refractivity contribution in [2.24, 2.45) is 5.92 Å². The molecule has 1 rings (SSSR count). The fourth-order valence-corrected chi connectivity index (χ4v) is 2.19. The van der Waals surface area contributed by atoms with E-state index in [9.17, 15) is 14.7 Å². The van der Waals surface area contributed by atoms with Crippen molar-refractivity contribution in [2.45, 2.75) is 57.6 Å². The smallest absolute Gasteiger partial charge is 0.315 e. The lowest BCUT2D eigenvalue weighted by atomic mass is 9.93. The average Bonchev–Trinajstić information content (AvgIpc) is 2.37. The van der Waals surface area contributed by atoms with Crippen LogP contribution in [0.2, 0.25) is 0 Å². The Balaban J connectivity index is 2.06. The third-order valence-corrected chi connectivity index (χ3v) is 3.55. The van der Waals surface area contributed by atoms with Crippen LogP contribution in [0.3, 0.4) is 0 Å². The van der Waals surface area contributed by atoms with E-state index in [-0.39, 0.29) is 24.1 Å². The fraction of sp³-hybridized carbons (Fsp3) is 0.846. The minimum Gasteiger partial charge on any atom is -0.481 e. The first-order valence-corrected chi connectivity index (χ1v) is 6.94. The summed E-state index contributed by atoms with van der Waals surface area (Å²) in [6.45, 7) is 2.15. The third-order valence-electron chi connectivity index (χ3n) is 3.55. The largest absolute Gasteiger partial charge is 0.481 e. The van der Waals surface area contributed by atoms with Gasteiger partial charge in [0.1, 0.15) is 0 Å². The molecular formula is C13H24N2O4. The molecule has 6 heteroatoms. The second-order valence-electron chi connectivity index (χ2n) is 5.29. The summed E-state index contributed by atoms with van der Waals surface area (Å²) in [6.07, 6.45) is 4.09. The first-order chi connectivity index (χ1) is 8.99. The molecule has 2 amide bonds. The van der Waals surface area contributed by atoms with Gasteiger partial charge in [-0.3, -0.25) is 4.79 Å². The highest BCUT2D eigenvalue weighted by Crippen LogP contribution is 2.18. The van der Waals surface area contributed by atoms with Crippen LogP contribution in [0.1, 0.15) is 45.4 Å². The van der Waals surface area contributed by atoms with Crippen LogP contribution in [0.4, 0.5) is 4.79 Å². The van der Waals surface area contributed by atoms with Gasteiger partial charge in [0.05, 0.1) is 12.0 Å². The summed E-state index contributed by atoms with van der Waals surface area (Å²) in [5.74, 6) is -1.17. The van der Waals surface area contributed by atoms with Crippen molar-refractivity contribution in [2.75, 3.05) is 6.54 Å². The van der Waals surface area contributed by atoms with Crippen molar-refractivity contribution < 1.29 is 19.8 Å². The highest BCUT2D eigenvalue weighted by atomic mass is 16.4. The number of carboxylic acid groups (broad SMARTS) is 1. The molecule has 0 spiro atoms. The van der Waals surface area contributed by atoms with Crippen molar-refractivity contribution in [3.8, 4) is 0 Å². The van der Waals surface area contributed by atoms with E-state index in [0.29, 0.717) is 19.4 Å². The summed E-state index contributed by atoms with van der Waals surface area (Å²) in [5.41, 5.74) is 0. The molecule has 0 aromatic rings. The number of urea groups is 1. The van der Waals surface area contributed by atoms with Gasteiger partial charge in [-0.1, -0.05) is 6.92 Å².